The van der Waals surface area contributed by atoms with Crippen molar-refractivity contribution in [2.75, 3.05) is 11.5 Å². The molecule has 0 radical (unpaired) electrons. The second-order valence-corrected chi connectivity index (χ2v) is 9.22. The van der Waals surface area contributed by atoms with Gasteiger partial charge in [0, 0.05) is 39.9 Å². The fourth-order valence-corrected chi connectivity index (χ4v) is 5.69. The van der Waals surface area contributed by atoms with Gasteiger partial charge in [0.05, 0.1) is 10.6 Å². The van der Waals surface area contributed by atoms with Crippen LogP contribution in [-0.2, 0) is 21.8 Å². The maximum atomic E-state index is 13.0. The third-order valence-corrected chi connectivity index (χ3v) is 7.23. The lowest BCUT2D eigenvalue weighted by molar-refractivity contribution is 0.147. The molecule has 27 heavy (non-hydrogen) atoms. The van der Waals surface area contributed by atoms with Crippen LogP contribution >= 0.6 is 0 Å². The first kappa shape index (κ1) is 18.4. The van der Waals surface area contributed by atoms with E-state index >= 15 is 0 Å². The van der Waals surface area contributed by atoms with Crippen LogP contribution in [0.2, 0.25) is 0 Å². The lowest BCUT2D eigenvalue weighted by atomic mass is 10.0. The number of nitrogens with zero attached hydrogens (tertiary/aromatic N) is 1. The van der Waals surface area contributed by atoms with Gasteiger partial charge in [-0.2, -0.15) is 0 Å². The normalized spacial score (nSPS) is 21.1. The van der Waals surface area contributed by atoms with Gasteiger partial charge in [0.1, 0.15) is 16.6 Å². The lowest BCUT2D eigenvalue weighted by Crippen LogP contribution is -2.31. The molecular weight excluding hydrogens is 392 g/mol. The number of alkyl halides is 2. The van der Waals surface area contributed by atoms with E-state index in [9.17, 15) is 17.2 Å². The topological polar surface area (TPSA) is 74.8 Å². The Bertz CT molecular complexity index is 1020. The summed E-state index contributed by atoms with van der Waals surface area (Å²) >= 11 is 0. The highest BCUT2D eigenvalue weighted by atomic mass is 32.2. The second kappa shape index (κ2) is 7.57. The molecular formula is C18H17F2N3O2S2. The van der Waals surface area contributed by atoms with Gasteiger partial charge < -0.3 is 4.98 Å². The summed E-state index contributed by atoms with van der Waals surface area (Å²) in [6, 6.07) is 10.3. The molecule has 0 aliphatic carbocycles. The largest absolute Gasteiger partial charge is 0.338 e. The first-order valence-electron chi connectivity index (χ1n) is 8.40. The fraction of sp³-hybridized carbons (Fsp3) is 0.278. The molecule has 1 aliphatic heterocycles. The molecule has 1 aliphatic rings. The standard InChI is InChI=1S/C18H17F2N3O2S2/c19-17(20)16-9-15-14(5-7-21-18(15)22-16)11-1-3-13(4-2-11)27(25)23-12-6-8-26(24)10-12/h1-5,7,9,12,17,23H,6,8,10H2,(H,21,22). The van der Waals surface area contributed by atoms with Crippen molar-refractivity contribution in [2.45, 2.75) is 23.8 Å². The lowest BCUT2D eigenvalue weighted by Gasteiger charge is -2.11. The molecule has 142 valence electrons. The molecule has 5 nitrogen and oxygen atoms in total. The zero-order valence-corrected chi connectivity index (χ0v) is 15.8. The average molecular weight is 409 g/mol. The monoisotopic (exact) mass is 409 g/mol. The van der Waals surface area contributed by atoms with Gasteiger partial charge in [-0.05, 0) is 41.8 Å². The highest BCUT2D eigenvalue weighted by Gasteiger charge is 2.23. The minimum atomic E-state index is -2.59. The van der Waals surface area contributed by atoms with Crippen LogP contribution in [0.3, 0.4) is 0 Å². The molecule has 1 fully saturated rings. The molecule has 3 heterocycles. The smallest absolute Gasteiger partial charge is 0.278 e. The Morgan fingerprint density at radius 2 is 2.04 bits per heavy atom. The first-order chi connectivity index (χ1) is 13.0. The molecule has 0 spiro atoms. The summed E-state index contributed by atoms with van der Waals surface area (Å²) in [5, 5.41) is 0.619. The van der Waals surface area contributed by atoms with Gasteiger partial charge in [0.25, 0.3) is 6.43 Å². The molecule has 2 N–H and O–H groups in total. The molecule has 3 atom stereocenters. The van der Waals surface area contributed by atoms with Crippen molar-refractivity contribution >= 4 is 32.8 Å². The van der Waals surface area contributed by atoms with Crippen LogP contribution in [0.1, 0.15) is 18.5 Å². The van der Waals surface area contributed by atoms with E-state index in [4.69, 9.17) is 0 Å². The summed E-state index contributed by atoms with van der Waals surface area (Å²) in [6.45, 7) is 0. The molecule has 0 saturated carbocycles. The van der Waals surface area contributed by atoms with E-state index in [0.717, 1.165) is 17.5 Å². The van der Waals surface area contributed by atoms with Gasteiger partial charge in [-0.3, -0.25) is 4.21 Å². The van der Waals surface area contributed by atoms with E-state index in [1.165, 1.54) is 6.07 Å². The third kappa shape index (κ3) is 3.85. The van der Waals surface area contributed by atoms with Crippen LogP contribution in [0.5, 0.6) is 0 Å². The average Bonchev–Trinajstić information content (AvgIpc) is 3.27. The maximum absolute atomic E-state index is 13.0. The van der Waals surface area contributed by atoms with E-state index in [-0.39, 0.29) is 11.7 Å². The van der Waals surface area contributed by atoms with Crippen molar-refractivity contribution in [3.05, 3.63) is 48.3 Å². The van der Waals surface area contributed by atoms with Crippen LogP contribution in [0.4, 0.5) is 8.78 Å². The van der Waals surface area contributed by atoms with Gasteiger partial charge in [-0.25, -0.2) is 22.7 Å². The molecule has 4 rings (SSSR count). The van der Waals surface area contributed by atoms with Crippen molar-refractivity contribution in [1.29, 1.82) is 0 Å². The summed E-state index contributed by atoms with van der Waals surface area (Å²) in [5.74, 6) is 1.17. The zero-order valence-electron chi connectivity index (χ0n) is 14.2. The van der Waals surface area contributed by atoms with Crippen LogP contribution in [0, 0.1) is 0 Å². The summed E-state index contributed by atoms with van der Waals surface area (Å²) < 4.78 is 52.8. The number of benzene rings is 1. The van der Waals surface area contributed by atoms with E-state index in [0.29, 0.717) is 27.4 Å². The van der Waals surface area contributed by atoms with Crippen LogP contribution in [0.15, 0.2) is 47.5 Å². The van der Waals surface area contributed by atoms with Crippen molar-refractivity contribution in [2.24, 2.45) is 0 Å². The van der Waals surface area contributed by atoms with Crippen molar-refractivity contribution < 1.29 is 17.2 Å². The van der Waals surface area contributed by atoms with Crippen molar-refractivity contribution in [3.63, 3.8) is 0 Å². The Labute approximate surface area is 159 Å². The van der Waals surface area contributed by atoms with Crippen LogP contribution < -0.4 is 4.72 Å². The molecule has 9 heteroatoms. The van der Waals surface area contributed by atoms with E-state index in [1.54, 1.807) is 24.4 Å². The highest BCUT2D eigenvalue weighted by Crippen LogP contribution is 2.31. The van der Waals surface area contributed by atoms with E-state index in [1.807, 2.05) is 12.1 Å². The highest BCUT2D eigenvalue weighted by molar-refractivity contribution is 7.85. The van der Waals surface area contributed by atoms with Gasteiger partial charge in [0.15, 0.2) is 0 Å². The first-order valence-corrected chi connectivity index (χ1v) is 11.0. The SMILES string of the molecule is O=S1CCC(NS(=O)c2ccc(-c3ccnc4[nH]c(C(F)F)cc34)cc2)C1. The number of fused-ring (bicyclic) bond motifs is 1. The maximum Gasteiger partial charge on any atom is 0.278 e. The number of aromatic nitrogens is 2. The van der Waals surface area contributed by atoms with Crippen molar-refractivity contribution in [1.82, 2.24) is 14.7 Å². The zero-order chi connectivity index (χ0) is 19.0. The molecule has 1 saturated heterocycles. The van der Waals surface area contributed by atoms with Crippen molar-refractivity contribution in [3.8, 4) is 11.1 Å². The number of halogens is 2. The second-order valence-electron chi connectivity index (χ2n) is 6.35. The minimum absolute atomic E-state index is 0.00112. The van der Waals surface area contributed by atoms with Gasteiger partial charge >= 0.3 is 0 Å². The molecule has 0 bridgehead atoms. The number of pyridine rings is 1. The number of rotatable bonds is 5. The Morgan fingerprint density at radius 3 is 2.70 bits per heavy atom. The molecule has 1 aromatic carbocycles. The summed E-state index contributed by atoms with van der Waals surface area (Å²) in [5.41, 5.74) is 1.84. The van der Waals surface area contributed by atoms with E-state index in [2.05, 4.69) is 14.7 Å². The van der Waals surface area contributed by atoms with E-state index < -0.39 is 28.2 Å². The van der Waals surface area contributed by atoms with Crippen LogP contribution in [0.25, 0.3) is 22.2 Å². The fourth-order valence-electron chi connectivity index (χ4n) is 3.15. The Morgan fingerprint density at radius 1 is 1.26 bits per heavy atom. The number of hydrogen-bond donors (Lipinski definition) is 2. The Kier molecular flexibility index (Phi) is 5.16. The number of H-pyrrole nitrogens is 1. The van der Waals surface area contributed by atoms with Gasteiger partial charge in [0.2, 0.25) is 0 Å². The summed E-state index contributed by atoms with van der Waals surface area (Å²) in [4.78, 5) is 7.36. The molecule has 3 aromatic rings. The summed E-state index contributed by atoms with van der Waals surface area (Å²) in [7, 11) is -2.21. The third-order valence-electron chi connectivity index (χ3n) is 4.52. The summed E-state index contributed by atoms with van der Waals surface area (Å²) in [6.07, 6.45) is -0.268. The number of hydrogen-bond acceptors (Lipinski definition) is 3. The molecule has 2 aromatic heterocycles. The van der Waals surface area contributed by atoms with Gasteiger partial charge in [-0.1, -0.05) is 12.1 Å². The number of aromatic amines is 1. The quantitative estimate of drug-likeness (QED) is 0.679. The van der Waals surface area contributed by atoms with Gasteiger partial charge in [-0.15, -0.1) is 0 Å². The molecule has 0 amide bonds. The minimum Gasteiger partial charge on any atom is -0.338 e. The predicted octanol–water partition coefficient (Wildman–Crippen LogP) is 3.30. The predicted molar refractivity (Wildman–Crippen MR) is 102 cm³/mol. The van der Waals surface area contributed by atoms with Crippen LogP contribution in [-0.4, -0.2) is 35.9 Å². The number of nitrogens with one attached hydrogen (secondary N) is 2. The Balaban J connectivity index is 1.58. The Hall–Kier alpha value is -1.97. The molecule has 3 unspecified atom stereocenters.